The lowest BCUT2D eigenvalue weighted by molar-refractivity contribution is -0.124. The Balaban J connectivity index is 2.54. The van der Waals surface area contributed by atoms with Crippen molar-refractivity contribution in [3.05, 3.63) is 29.8 Å². The Morgan fingerprint density at radius 1 is 1.04 bits per heavy atom. The van der Waals surface area contributed by atoms with Crippen molar-refractivity contribution in [2.75, 3.05) is 25.0 Å². The van der Waals surface area contributed by atoms with Crippen molar-refractivity contribution in [2.24, 2.45) is 0 Å². The molecule has 1 aromatic carbocycles. The molecule has 5 nitrogen and oxygen atoms in total. The van der Waals surface area contributed by atoms with E-state index in [0.717, 1.165) is 12.1 Å². The molecule has 0 saturated carbocycles. The van der Waals surface area contributed by atoms with Gasteiger partial charge in [0.1, 0.15) is 0 Å². The number of carbonyl (C=O) groups excluding carboxylic acids is 2. The fourth-order valence-corrected chi connectivity index (χ4v) is 2.47. The second kappa shape index (κ2) is 9.56. The topological polar surface area (TPSA) is 61.4 Å². The van der Waals surface area contributed by atoms with E-state index in [4.69, 9.17) is 0 Å². The van der Waals surface area contributed by atoms with Crippen molar-refractivity contribution in [2.45, 2.75) is 59.4 Å². The molecule has 2 N–H and O–H groups in total. The van der Waals surface area contributed by atoms with Gasteiger partial charge in [-0.25, -0.2) is 0 Å². The van der Waals surface area contributed by atoms with Crippen LogP contribution in [0.4, 0.5) is 5.69 Å². The molecule has 0 spiro atoms. The quantitative estimate of drug-likeness (QED) is 0.758. The van der Waals surface area contributed by atoms with Crippen LogP contribution in [0, 0.1) is 0 Å². The molecular weight excluding hydrogens is 314 g/mol. The number of likely N-dealkylation sites (N-methyl/N-ethyl adjacent to an activating group) is 1. The van der Waals surface area contributed by atoms with Crippen molar-refractivity contribution in [1.29, 1.82) is 0 Å². The van der Waals surface area contributed by atoms with E-state index in [1.54, 1.807) is 0 Å². The Morgan fingerprint density at radius 3 is 2.08 bits per heavy atom. The summed E-state index contributed by atoms with van der Waals surface area (Å²) in [5, 5.41) is 5.82. The highest BCUT2D eigenvalue weighted by atomic mass is 16.2. The predicted molar refractivity (Wildman–Crippen MR) is 104 cm³/mol. The monoisotopic (exact) mass is 347 g/mol. The minimum atomic E-state index is -0.268. The summed E-state index contributed by atoms with van der Waals surface area (Å²) in [6, 6.07) is 7.97. The minimum Gasteiger partial charge on any atom is -0.350 e. The summed E-state index contributed by atoms with van der Waals surface area (Å²) in [7, 11) is 0. The van der Waals surface area contributed by atoms with Crippen LogP contribution in [0.15, 0.2) is 24.3 Å². The van der Waals surface area contributed by atoms with Gasteiger partial charge in [0.2, 0.25) is 11.8 Å². The third kappa shape index (κ3) is 8.16. The third-order valence-electron chi connectivity index (χ3n) is 4.07. The van der Waals surface area contributed by atoms with Gasteiger partial charge < -0.3 is 10.6 Å². The maximum absolute atomic E-state index is 12.2. The number of nitrogens with zero attached hydrogens (tertiary/aromatic N) is 1. The molecule has 25 heavy (non-hydrogen) atoms. The van der Waals surface area contributed by atoms with Crippen molar-refractivity contribution < 1.29 is 9.59 Å². The summed E-state index contributed by atoms with van der Waals surface area (Å²) in [5.41, 5.74) is 1.79. The van der Waals surface area contributed by atoms with Gasteiger partial charge in [-0.2, -0.15) is 0 Å². The zero-order valence-electron chi connectivity index (χ0n) is 16.5. The number of amides is 2. The molecule has 0 fully saturated rings. The number of benzene rings is 1. The van der Waals surface area contributed by atoms with Gasteiger partial charge in [0, 0.05) is 11.2 Å². The molecule has 1 atom stereocenters. The average molecular weight is 348 g/mol. The van der Waals surface area contributed by atoms with E-state index < -0.39 is 0 Å². The molecule has 0 aliphatic carbocycles. The molecule has 0 aliphatic rings. The Morgan fingerprint density at radius 2 is 1.60 bits per heavy atom. The summed E-state index contributed by atoms with van der Waals surface area (Å²) < 4.78 is 0. The summed E-state index contributed by atoms with van der Waals surface area (Å²) in [4.78, 5) is 26.1. The van der Waals surface area contributed by atoms with E-state index in [1.165, 1.54) is 5.56 Å². The molecule has 0 saturated heterocycles. The Labute approximate surface area is 152 Å². The summed E-state index contributed by atoms with van der Waals surface area (Å²) in [5.74, 6) is 0.336. The summed E-state index contributed by atoms with van der Waals surface area (Å²) in [6.45, 7) is 13.2. The van der Waals surface area contributed by atoms with Gasteiger partial charge in [-0.3, -0.25) is 14.5 Å². The van der Waals surface area contributed by atoms with E-state index in [2.05, 4.69) is 36.6 Å². The first kappa shape index (κ1) is 21.2. The summed E-state index contributed by atoms with van der Waals surface area (Å²) in [6.07, 6.45) is 1.09. The van der Waals surface area contributed by atoms with Gasteiger partial charge in [-0.05, 0) is 57.4 Å². The first-order valence-electron chi connectivity index (χ1n) is 9.07. The van der Waals surface area contributed by atoms with Gasteiger partial charge >= 0.3 is 0 Å². The molecule has 0 unspecified atom stereocenters. The maximum Gasteiger partial charge on any atom is 0.238 e. The lowest BCUT2D eigenvalue weighted by Crippen LogP contribution is -2.47. The maximum atomic E-state index is 12.2. The van der Waals surface area contributed by atoms with Gasteiger partial charge in [0.15, 0.2) is 0 Å². The van der Waals surface area contributed by atoms with Gasteiger partial charge in [0.25, 0.3) is 0 Å². The highest BCUT2D eigenvalue weighted by Gasteiger charge is 2.17. The largest absolute Gasteiger partial charge is 0.350 e. The van der Waals surface area contributed by atoms with Crippen LogP contribution >= 0.6 is 0 Å². The van der Waals surface area contributed by atoms with Crippen molar-refractivity contribution in [3.63, 3.8) is 0 Å². The Kier molecular flexibility index (Phi) is 8.10. The summed E-state index contributed by atoms with van der Waals surface area (Å²) >= 11 is 0. The molecule has 0 bridgehead atoms. The van der Waals surface area contributed by atoms with Crippen molar-refractivity contribution in [1.82, 2.24) is 10.2 Å². The van der Waals surface area contributed by atoms with Crippen LogP contribution in [0.3, 0.4) is 0 Å². The van der Waals surface area contributed by atoms with Crippen LogP contribution in [0.1, 0.15) is 59.4 Å². The van der Waals surface area contributed by atoms with E-state index >= 15 is 0 Å². The van der Waals surface area contributed by atoms with Gasteiger partial charge in [-0.1, -0.05) is 32.9 Å². The molecule has 0 radical (unpaired) electrons. The van der Waals surface area contributed by atoms with Crippen molar-refractivity contribution in [3.8, 4) is 0 Å². The van der Waals surface area contributed by atoms with E-state index in [1.807, 2.05) is 44.7 Å². The highest BCUT2D eigenvalue weighted by molar-refractivity contribution is 5.92. The smallest absolute Gasteiger partial charge is 0.238 e. The molecule has 0 aromatic heterocycles. The number of nitrogens with one attached hydrogen (secondary N) is 2. The molecule has 5 heteroatoms. The average Bonchev–Trinajstić information content (AvgIpc) is 2.52. The van der Waals surface area contributed by atoms with E-state index in [0.29, 0.717) is 12.5 Å². The number of hydrogen-bond donors (Lipinski definition) is 2. The fraction of sp³-hybridized carbons (Fsp3) is 0.600. The number of hydrogen-bond acceptors (Lipinski definition) is 3. The lowest BCUT2D eigenvalue weighted by Gasteiger charge is -2.24. The van der Waals surface area contributed by atoms with Crippen LogP contribution in [0.25, 0.3) is 0 Å². The molecule has 1 rings (SSSR count). The molecule has 0 aliphatic heterocycles. The minimum absolute atomic E-state index is 0.0694. The Bertz CT molecular complexity index is 561. The number of anilines is 1. The van der Waals surface area contributed by atoms with Crippen LogP contribution in [0.2, 0.25) is 0 Å². The van der Waals surface area contributed by atoms with E-state index in [-0.39, 0.29) is 30.4 Å². The zero-order valence-corrected chi connectivity index (χ0v) is 16.5. The molecular formula is C20H33N3O2. The van der Waals surface area contributed by atoms with Crippen LogP contribution in [-0.4, -0.2) is 41.9 Å². The first-order chi connectivity index (χ1) is 11.6. The third-order valence-corrected chi connectivity index (χ3v) is 4.07. The molecule has 140 valence electrons. The van der Waals surface area contributed by atoms with Gasteiger partial charge in [0.05, 0.1) is 13.1 Å². The zero-order chi connectivity index (χ0) is 19.0. The predicted octanol–water partition coefficient (Wildman–Crippen LogP) is 3.38. The second-order valence-electron chi connectivity index (χ2n) is 7.58. The SMILES string of the molecule is CC[C@@H](C)c1ccc(NC(=O)CN(CC)CC(=O)NC(C)(C)C)cc1. The normalized spacial score (nSPS) is 12.8. The number of carbonyl (C=O) groups is 2. The lowest BCUT2D eigenvalue weighted by atomic mass is 9.99. The first-order valence-corrected chi connectivity index (χ1v) is 9.07. The molecule has 0 heterocycles. The fourth-order valence-electron chi connectivity index (χ4n) is 2.47. The standard InChI is InChI=1S/C20H33N3O2/c1-7-15(3)16-9-11-17(12-10-16)21-18(24)13-23(8-2)14-19(25)22-20(4,5)6/h9-12,15H,7-8,13-14H2,1-6H3,(H,21,24)(H,22,25)/t15-/m1/s1. The number of rotatable bonds is 8. The van der Waals surface area contributed by atoms with Crippen LogP contribution in [-0.2, 0) is 9.59 Å². The van der Waals surface area contributed by atoms with Crippen LogP contribution in [0.5, 0.6) is 0 Å². The Hall–Kier alpha value is -1.88. The highest BCUT2D eigenvalue weighted by Crippen LogP contribution is 2.20. The van der Waals surface area contributed by atoms with Gasteiger partial charge in [-0.15, -0.1) is 0 Å². The van der Waals surface area contributed by atoms with Crippen molar-refractivity contribution >= 4 is 17.5 Å². The second-order valence-corrected chi connectivity index (χ2v) is 7.58. The molecule has 1 aromatic rings. The molecule has 2 amide bonds. The van der Waals surface area contributed by atoms with E-state index in [9.17, 15) is 9.59 Å². The van der Waals surface area contributed by atoms with Crippen LogP contribution < -0.4 is 10.6 Å².